The lowest BCUT2D eigenvalue weighted by Gasteiger charge is -2.32. The first-order valence-electron chi connectivity index (χ1n) is 12.2. The van der Waals surface area contributed by atoms with E-state index in [-0.39, 0.29) is 29.8 Å². The zero-order chi connectivity index (χ0) is 26.7. The summed E-state index contributed by atoms with van der Waals surface area (Å²) in [5.74, 6) is -0.976. The number of anilines is 2. The molecule has 0 atom stereocenters. The molecule has 0 spiro atoms. The number of piperidine rings is 1. The van der Waals surface area contributed by atoms with Gasteiger partial charge in [0.15, 0.2) is 5.65 Å². The van der Waals surface area contributed by atoms with Crippen LogP contribution in [0.1, 0.15) is 48.3 Å². The number of primary amides is 1. The molecule has 2 aromatic heterocycles. The second-order valence-corrected chi connectivity index (χ2v) is 9.09. The maximum Gasteiger partial charge on any atom is 0.314 e. The van der Waals surface area contributed by atoms with Gasteiger partial charge in [0.05, 0.1) is 22.8 Å². The number of fused-ring (bicyclic) bond motifs is 1. The van der Waals surface area contributed by atoms with E-state index in [0.29, 0.717) is 25.3 Å². The van der Waals surface area contributed by atoms with Gasteiger partial charge in [0.1, 0.15) is 5.75 Å². The normalized spacial score (nSPS) is 14.0. The van der Waals surface area contributed by atoms with E-state index < -0.39 is 11.9 Å². The summed E-state index contributed by atoms with van der Waals surface area (Å²) >= 11 is 0. The summed E-state index contributed by atoms with van der Waals surface area (Å²) in [6, 6.07) is 4.03. The standard InChI is InChI=1S/C25H32N8O4/c1-4-33-23-20(13-28-33)22(31-16-7-9-32(10-8-16)25(26)37)19(14(2)29-23)12-27-24(36)18-6-5-17(11-21(18)35)30-15(3)34/h5-6,11,13,16,35H,4,7-10,12H2,1-3H3,(H2,26,37)(H,27,36)(H,29,31)(H,30,34). The Kier molecular flexibility index (Phi) is 7.46. The number of hydrogen-bond donors (Lipinski definition) is 5. The Bertz CT molecular complexity index is 1340. The number of pyridine rings is 1. The number of amides is 4. The number of nitrogens with zero attached hydrogens (tertiary/aromatic N) is 4. The van der Waals surface area contributed by atoms with E-state index in [9.17, 15) is 19.5 Å². The van der Waals surface area contributed by atoms with Crippen molar-refractivity contribution in [1.29, 1.82) is 0 Å². The monoisotopic (exact) mass is 508 g/mol. The van der Waals surface area contributed by atoms with E-state index in [0.717, 1.165) is 40.8 Å². The summed E-state index contributed by atoms with van der Waals surface area (Å²) in [6.07, 6.45) is 3.23. The van der Waals surface area contributed by atoms with Crippen molar-refractivity contribution < 1.29 is 19.5 Å². The average Bonchev–Trinajstić information content (AvgIpc) is 3.26. The van der Waals surface area contributed by atoms with Gasteiger partial charge < -0.3 is 31.7 Å². The van der Waals surface area contributed by atoms with E-state index in [1.807, 2.05) is 18.5 Å². The van der Waals surface area contributed by atoms with Crippen LogP contribution in [0.5, 0.6) is 5.75 Å². The summed E-state index contributed by atoms with van der Waals surface area (Å²) in [6.45, 7) is 7.20. The lowest BCUT2D eigenvalue weighted by molar-refractivity contribution is -0.114. The second kappa shape index (κ2) is 10.7. The second-order valence-electron chi connectivity index (χ2n) is 9.09. The molecule has 37 heavy (non-hydrogen) atoms. The van der Waals surface area contributed by atoms with Crippen LogP contribution in [-0.4, -0.2) is 61.7 Å². The molecule has 1 aliphatic rings. The lowest BCUT2D eigenvalue weighted by Crippen LogP contribution is -2.44. The molecule has 1 aliphatic heterocycles. The minimum Gasteiger partial charge on any atom is -0.507 e. The number of phenols is 1. The molecular weight excluding hydrogens is 476 g/mol. The number of phenolic OH excluding ortho intramolecular Hbond substituents is 1. The lowest BCUT2D eigenvalue weighted by atomic mass is 10.0. The highest BCUT2D eigenvalue weighted by Gasteiger charge is 2.24. The number of hydrogen-bond acceptors (Lipinski definition) is 7. The fourth-order valence-corrected chi connectivity index (χ4v) is 4.57. The van der Waals surface area contributed by atoms with Gasteiger partial charge in [-0.3, -0.25) is 9.59 Å². The van der Waals surface area contributed by atoms with Crippen LogP contribution in [0.15, 0.2) is 24.4 Å². The van der Waals surface area contributed by atoms with E-state index >= 15 is 0 Å². The van der Waals surface area contributed by atoms with Crippen molar-refractivity contribution in [2.75, 3.05) is 23.7 Å². The van der Waals surface area contributed by atoms with E-state index in [2.05, 4.69) is 21.0 Å². The molecule has 6 N–H and O–H groups in total. The number of rotatable bonds is 7. The molecule has 1 saturated heterocycles. The zero-order valence-corrected chi connectivity index (χ0v) is 21.2. The van der Waals surface area contributed by atoms with Crippen molar-refractivity contribution in [2.24, 2.45) is 5.73 Å². The highest BCUT2D eigenvalue weighted by atomic mass is 16.3. The van der Waals surface area contributed by atoms with Crippen molar-refractivity contribution in [1.82, 2.24) is 25.0 Å². The Morgan fingerprint density at radius 2 is 1.95 bits per heavy atom. The zero-order valence-electron chi connectivity index (χ0n) is 21.2. The molecule has 0 unspecified atom stereocenters. The van der Waals surface area contributed by atoms with Crippen LogP contribution < -0.4 is 21.7 Å². The summed E-state index contributed by atoms with van der Waals surface area (Å²) < 4.78 is 1.82. The molecule has 12 heteroatoms. The number of benzene rings is 1. The Hall–Kier alpha value is -4.35. The van der Waals surface area contributed by atoms with Gasteiger partial charge in [-0.2, -0.15) is 5.10 Å². The van der Waals surface area contributed by atoms with Gasteiger partial charge in [0, 0.05) is 62.2 Å². The predicted molar refractivity (Wildman–Crippen MR) is 139 cm³/mol. The number of urea groups is 1. The summed E-state index contributed by atoms with van der Waals surface area (Å²) in [7, 11) is 0. The fraction of sp³-hybridized carbons (Fsp3) is 0.400. The number of aryl methyl sites for hydroxylation is 2. The highest BCUT2D eigenvalue weighted by molar-refractivity contribution is 5.98. The van der Waals surface area contributed by atoms with Gasteiger partial charge in [0.25, 0.3) is 5.91 Å². The predicted octanol–water partition coefficient (Wildman–Crippen LogP) is 2.31. The molecule has 12 nitrogen and oxygen atoms in total. The van der Waals surface area contributed by atoms with E-state index in [4.69, 9.17) is 10.7 Å². The van der Waals surface area contributed by atoms with Crippen molar-refractivity contribution >= 4 is 40.3 Å². The first kappa shape index (κ1) is 25.7. The van der Waals surface area contributed by atoms with Crippen LogP contribution in [0.3, 0.4) is 0 Å². The molecule has 4 rings (SSSR count). The first-order valence-corrected chi connectivity index (χ1v) is 12.2. The molecule has 196 valence electrons. The summed E-state index contributed by atoms with van der Waals surface area (Å²) in [5.41, 5.74) is 9.05. The Morgan fingerprint density at radius 3 is 2.57 bits per heavy atom. The Balaban J connectivity index is 1.58. The van der Waals surface area contributed by atoms with Gasteiger partial charge >= 0.3 is 6.03 Å². The number of aromatic hydroxyl groups is 1. The van der Waals surface area contributed by atoms with Crippen LogP contribution in [0.2, 0.25) is 0 Å². The molecule has 4 amide bonds. The third kappa shape index (κ3) is 5.57. The molecular formula is C25H32N8O4. The van der Waals surface area contributed by atoms with Crippen LogP contribution in [0.25, 0.3) is 11.0 Å². The van der Waals surface area contributed by atoms with Gasteiger partial charge in [0.2, 0.25) is 5.91 Å². The molecule has 1 fully saturated rings. The summed E-state index contributed by atoms with van der Waals surface area (Å²) in [4.78, 5) is 42.1. The molecule has 0 saturated carbocycles. The topological polar surface area (TPSA) is 168 Å². The number of likely N-dealkylation sites (tertiary alicyclic amines) is 1. The molecule has 3 heterocycles. The fourth-order valence-electron chi connectivity index (χ4n) is 4.57. The molecule has 3 aromatic rings. The smallest absolute Gasteiger partial charge is 0.314 e. The van der Waals surface area contributed by atoms with E-state index in [1.165, 1.54) is 19.1 Å². The molecule has 0 aliphatic carbocycles. The van der Waals surface area contributed by atoms with Crippen molar-refractivity contribution in [3.63, 3.8) is 0 Å². The van der Waals surface area contributed by atoms with Crippen LogP contribution in [0.4, 0.5) is 16.2 Å². The average molecular weight is 509 g/mol. The first-order chi connectivity index (χ1) is 17.7. The molecule has 0 radical (unpaired) electrons. The van der Waals surface area contributed by atoms with Crippen LogP contribution >= 0.6 is 0 Å². The van der Waals surface area contributed by atoms with Crippen LogP contribution in [-0.2, 0) is 17.9 Å². The number of carbonyl (C=O) groups excluding carboxylic acids is 3. The largest absolute Gasteiger partial charge is 0.507 e. The third-order valence-corrected chi connectivity index (χ3v) is 6.54. The number of carbonyl (C=O) groups is 3. The Morgan fingerprint density at radius 1 is 1.22 bits per heavy atom. The minimum atomic E-state index is -0.462. The maximum atomic E-state index is 12.9. The molecule has 0 bridgehead atoms. The van der Waals surface area contributed by atoms with Gasteiger partial charge in [-0.15, -0.1) is 0 Å². The number of aromatic nitrogens is 3. The van der Waals surface area contributed by atoms with Gasteiger partial charge in [-0.05, 0) is 38.8 Å². The molecule has 1 aromatic carbocycles. The Labute approximate surface area is 214 Å². The minimum absolute atomic E-state index is 0.0907. The van der Waals surface area contributed by atoms with E-state index in [1.54, 1.807) is 17.2 Å². The van der Waals surface area contributed by atoms with Gasteiger partial charge in [-0.1, -0.05) is 0 Å². The van der Waals surface area contributed by atoms with Gasteiger partial charge in [-0.25, -0.2) is 14.5 Å². The number of nitrogens with two attached hydrogens (primary N) is 1. The maximum absolute atomic E-state index is 12.9. The summed E-state index contributed by atoms with van der Waals surface area (Å²) in [5, 5.41) is 24.7. The van der Waals surface area contributed by atoms with Crippen molar-refractivity contribution in [3.05, 3.63) is 41.2 Å². The number of nitrogens with one attached hydrogen (secondary N) is 3. The van der Waals surface area contributed by atoms with Crippen LogP contribution in [0, 0.1) is 6.92 Å². The highest BCUT2D eigenvalue weighted by Crippen LogP contribution is 2.31. The third-order valence-electron chi connectivity index (χ3n) is 6.54. The van der Waals surface area contributed by atoms with Crippen molar-refractivity contribution in [2.45, 2.75) is 52.7 Å². The van der Waals surface area contributed by atoms with Crippen molar-refractivity contribution in [3.8, 4) is 5.75 Å². The SMILES string of the molecule is CCn1ncc2c(NC3CCN(C(N)=O)CC3)c(CNC(=O)c3ccc(NC(C)=O)cc3O)c(C)nc21. The quantitative estimate of drug-likeness (QED) is 0.326.